The summed E-state index contributed by atoms with van der Waals surface area (Å²) in [6.45, 7) is 10.4. The number of hydroxylamine groups is 1. The largest absolute Gasteiger partial charge is 0.408 e. The number of hydrogen-bond donors (Lipinski definition) is 4. The van der Waals surface area contributed by atoms with Crippen LogP contribution in [0.15, 0.2) is 12.7 Å². The number of nitrogen functional groups attached to an aromatic ring is 1. The Morgan fingerprint density at radius 3 is 2.63 bits per heavy atom. The van der Waals surface area contributed by atoms with E-state index in [0.29, 0.717) is 11.2 Å². The van der Waals surface area contributed by atoms with Crippen LogP contribution in [0.1, 0.15) is 27.0 Å². The quantitative estimate of drug-likeness (QED) is 0.431. The average Bonchev–Trinajstić information content (AvgIpc) is 3.15. The number of hydrogen-bond acceptors (Lipinski definition) is 9. The van der Waals surface area contributed by atoms with Gasteiger partial charge in [0.25, 0.3) is 0 Å². The summed E-state index contributed by atoms with van der Waals surface area (Å²) in [5.41, 5.74) is 9.12. The minimum atomic E-state index is -2.21. The van der Waals surface area contributed by atoms with Crippen molar-refractivity contribution in [1.82, 2.24) is 25.0 Å². The summed E-state index contributed by atoms with van der Waals surface area (Å²) >= 11 is 0. The second-order valence-corrected chi connectivity index (χ2v) is 13.1. The molecule has 0 unspecified atom stereocenters. The molecule has 5 N–H and O–H groups in total. The molecule has 10 nitrogen and oxygen atoms in total. The molecule has 0 amide bonds. The van der Waals surface area contributed by atoms with Gasteiger partial charge in [-0.25, -0.2) is 15.0 Å². The number of nitrogens with two attached hydrogens (primary N) is 1. The fourth-order valence-corrected chi connectivity index (χ4v) is 4.27. The summed E-state index contributed by atoms with van der Waals surface area (Å²) in [7, 11) is -2.21. The molecule has 2 aromatic rings. The molecule has 0 saturated carbocycles. The van der Waals surface area contributed by atoms with E-state index in [1.165, 1.54) is 6.33 Å². The fraction of sp³-hybridized carbons (Fsp3) is 0.688. The molecule has 0 radical (unpaired) electrons. The third kappa shape index (κ3) is 3.46. The Morgan fingerprint density at radius 2 is 2.04 bits per heavy atom. The first-order valence-corrected chi connectivity index (χ1v) is 11.8. The molecular formula is C16H28N6O4Si. The van der Waals surface area contributed by atoms with E-state index >= 15 is 0 Å². The lowest BCUT2D eigenvalue weighted by molar-refractivity contribution is -0.0477. The van der Waals surface area contributed by atoms with E-state index in [0.717, 1.165) is 0 Å². The van der Waals surface area contributed by atoms with Gasteiger partial charge < -0.3 is 25.2 Å². The van der Waals surface area contributed by atoms with Crippen molar-refractivity contribution in [2.75, 3.05) is 12.3 Å². The molecule has 2 aromatic heterocycles. The van der Waals surface area contributed by atoms with Crippen molar-refractivity contribution in [3.8, 4) is 0 Å². The highest BCUT2D eigenvalue weighted by Crippen LogP contribution is 2.42. The number of fused-ring (bicyclic) bond motifs is 1. The molecule has 0 aromatic carbocycles. The molecular weight excluding hydrogens is 368 g/mol. The maximum atomic E-state index is 9.73. The molecule has 4 atom stereocenters. The van der Waals surface area contributed by atoms with Crippen LogP contribution in [0.25, 0.3) is 11.2 Å². The number of ether oxygens (including phenoxy) is 1. The molecule has 1 saturated heterocycles. The Hall–Kier alpha value is -1.63. The van der Waals surface area contributed by atoms with Crippen LogP contribution in [0.3, 0.4) is 0 Å². The van der Waals surface area contributed by atoms with Crippen molar-refractivity contribution < 1.29 is 19.5 Å². The van der Waals surface area contributed by atoms with E-state index in [9.17, 15) is 10.3 Å². The van der Waals surface area contributed by atoms with E-state index in [4.69, 9.17) is 14.9 Å². The van der Waals surface area contributed by atoms with Gasteiger partial charge in [0.05, 0.1) is 19.0 Å². The van der Waals surface area contributed by atoms with Crippen LogP contribution in [0.2, 0.25) is 18.1 Å². The van der Waals surface area contributed by atoms with Gasteiger partial charge in [-0.15, -0.1) is 0 Å². The molecule has 0 bridgehead atoms. The predicted octanol–water partition coefficient (Wildman–Crippen LogP) is 1.04. The lowest BCUT2D eigenvalue weighted by Gasteiger charge is -2.40. The Bertz CT molecular complexity index is 808. The molecule has 150 valence electrons. The third-order valence-corrected chi connectivity index (χ3v) is 10.1. The van der Waals surface area contributed by atoms with Crippen molar-refractivity contribution >= 4 is 25.3 Å². The number of nitrogens with zero attached hydrogens (tertiary/aromatic N) is 4. The van der Waals surface area contributed by atoms with Gasteiger partial charge in [0, 0.05) is 0 Å². The Morgan fingerprint density at radius 1 is 1.33 bits per heavy atom. The standard InChI is InChI=1S/C16H28N6O4Si/c1-16(2,3)27(4,5)26-12-10(21-24)9(6-23)25-15(12)22-8-20-11-13(17)18-7-19-14(11)22/h7-10,12,15,21,23-24H,6H2,1-5H3,(H2,17,18,19)/t9-,10-,12-,15-/m1/s1. The molecule has 3 rings (SSSR count). The number of aliphatic hydroxyl groups is 1. The first kappa shape index (κ1) is 20.1. The zero-order valence-corrected chi connectivity index (χ0v) is 17.2. The van der Waals surface area contributed by atoms with Crippen molar-refractivity contribution in [2.45, 2.75) is 63.4 Å². The van der Waals surface area contributed by atoms with Gasteiger partial charge in [0.15, 0.2) is 26.0 Å². The SMILES string of the molecule is CC(C)(C)[Si](C)(C)O[C@@H]1[C@H](NO)[C@@H](CO)O[C@H]1n1cnc2c(N)ncnc21. The van der Waals surface area contributed by atoms with Crippen LogP contribution in [0, 0.1) is 0 Å². The van der Waals surface area contributed by atoms with Crippen LogP contribution in [-0.2, 0) is 9.16 Å². The Balaban J connectivity index is 2.04. The predicted molar refractivity (Wildman–Crippen MR) is 102 cm³/mol. The first-order chi connectivity index (χ1) is 12.6. The monoisotopic (exact) mass is 396 g/mol. The fourth-order valence-electron chi connectivity index (χ4n) is 2.97. The molecule has 11 heteroatoms. The number of aromatic nitrogens is 4. The molecule has 1 aliphatic heterocycles. The van der Waals surface area contributed by atoms with Gasteiger partial charge in [-0.05, 0) is 18.1 Å². The minimum absolute atomic E-state index is 0.0432. The summed E-state index contributed by atoms with van der Waals surface area (Å²) in [4.78, 5) is 12.5. The normalized spacial score (nSPS) is 26.8. The number of aliphatic hydroxyl groups excluding tert-OH is 1. The third-order valence-electron chi connectivity index (χ3n) is 5.58. The van der Waals surface area contributed by atoms with E-state index in [-0.39, 0.29) is 17.5 Å². The maximum absolute atomic E-state index is 9.73. The average molecular weight is 397 g/mol. The summed E-state index contributed by atoms with van der Waals surface area (Å²) in [5, 5.41) is 19.4. The van der Waals surface area contributed by atoms with Crippen molar-refractivity contribution in [3.05, 3.63) is 12.7 Å². The highest BCUT2D eigenvalue weighted by Gasteiger charge is 2.51. The van der Waals surface area contributed by atoms with Gasteiger partial charge in [-0.1, -0.05) is 20.8 Å². The van der Waals surface area contributed by atoms with Crippen LogP contribution in [0.4, 0.5) is 5.82 Å². The molecule has 1 aliphatic rings. The lowest BCUT2D eigenvalue weighted by atomic mass is 10.1. The summed E-state index contributed by atoms with van der Waals surface area (Å²) in [6.07, 6.45) is 1.09. The van der Waals surface area contributed by atoms with Gasteiger partial charge in [-0.3, -0.25) is 4.57 Å². The summed E-state index contributed by atoms with van der Waals surface area (Å²) < 4.78 is 14.3. The highest BCUT2D eigenvalue weighted by molar-refractivity contribution is 6.74. The van der Waals surface area contributed by atoms with Crippen LogP contribution in [0.5, 0.6) is 0 Å². The summed E-state index contributed by atoms with van der Waals surface area (Å²) in [5.74, 6) is 0.272. The Kier molecular flexibility index (Phi) is 5.27. The second kappa shape index (κ2) is 7.07. The van der Waals surface area contributed by atoms with Gasteiger partial charge in [0.2, 0.25) is 0 Å². The number of anilines is 1. The second-order valence-electron chi connectivity index (χ2n) is 8.33. The van der Waals surface area contributed by atoms with Crippen LogP contribution < -0.4 is 11.2 Å². The van der Waals surface area contributed by atoms with E-state index < -0.39 is 32.8 Å². The zero-order valence-electron chi connectivity index (χ0n) is 16.2. The first-order valence-electron chi connectivity index (χ1n) is 8.87. The summed E-state index contributed by atoms with van der Waals surface area (Å²) in [6, 6.07) is -0.606. The minimum Gasteiger partial charge on any atom is -0.408 e. The van der Waals surface area contributed by atoms with E-state index in [1.54, 1.807) is 10.9 Å². The van der Waals surface area contributed by atoms with Crippen molar-refractivity contribution in [1.29, 1.82) is 0 Å². The Labute approximate surface area is 158 Å². The maximum Gasteiger partial charge on any atom is 0.192 e. The van der Waals surface area contributed by atoms with E-state index in [2.05, 4.69) is 54.3 Å². The highest BCUT2D eigenvalue weighted by atomic mass is 28.4. The smallest absolute Gasteiger partial charge is 0.192 e. The van der Waals surface area contributed by atoms with Gasteiger partial charge in [-0.2, -0.15) is 5.48 Å². The van der Waals surface area contributed by atoms with Gasteiger partial charge in [0.1, 0.15) is 24.1 Å². The van der Waals surface area contributed by atoms with Crippen molar-refractivity contribution in [2.24, 2.45) is 0 Å². The van der Waals surface area contributed by atoms with E-state index in [1.807, 2.05) is 0 Å². The molecule has 0 aliphatic carbocycles. The number of nitrogens with one attached hydrogen (secondary N) is 1. The molecule has 3 heterocycles. The lowest BCUT2D eigenvalue weighted by Crippen LogP contribution is -2.52. The van der Waals surface area contributed by atoms with Crippen LogP contribution in [-0.4, -0.2) is 63.0 Å². The van der Waals surface area contributed by atoms with Crippen LogP contribution >= 0.6 is 0 Å². The number of imidazole rings is 1. The van der Waals surface area contributed by atoms with Gasteiger partial charge >= 0.3 is 0 Å². The van der Waals surface area contributed by atoms with Crippen molar-refractivity contribution in [3.63, 3.8) is 0 Å². The topological polar surface area (TPSA) is 141 Å². The molecule has 1 fully saturated rings. The molecule has 0 spiro atoms. The number of rotatable bonds is 5. The molecule has 27 heavy (non-hydrogen) atoms. The zero-order chi connectivity index (χ0) is 20.0.